The molecular formula is C23H21FN4O3S. The van der Waals surface area contributed by atoms with Gasteiger partial charge in [-0.05, 0) is 60.7 Å². The lowest BCUT2D eigenvalue weighted by Gasteiger charge is -2.33. The monoisotopic (exact) mass is 452 g/mol. The van der Waals surface area contributed by atoms with Crippen LogP contribution in [0.5, 0.6) is 0 Å². The van der Waals surface area contributed by atoms with E-state index in [1.165, 1.54) is 28.0 Å². The van der Waals surface area contributed by atoms with Crippen LogP contribution in [0.1, 0.15) is 18.6 Å². The Balaban J connectivity index is 1.38. The minimum Gasteiger partial charge on any atom is -0.467 e. The topological polar surface area (TPSA) is 80.4 Å². The van der Waals surface area contributed by atoms with Crippen LogP contribution in [0.2, 0.25) is 0 Å². The quantitative estimate of drug-likeness (QED) is 0.499. The van der Waals surface area contributed by atoms with Crippen LogP contribution in [-0.2, 0) is 11.3 Å². The molecule has 1 aliphatic rings. The molecule has 0 bridgehead atoms. The van der Waals surface area contributed by atoms with E-state index < -0.39 is 0 Å². The van der Waals surface area contributed by atoms with Crippen LogP contribution in [0.3, 0.4) is 0 Å². The molecule has 164 valence electrons. The Morgan fingerprint density at radius 3 is 2.69 bits per heavy atom. The van der Waals surface area contributed by atoms with E-state index in [1.54, 1.807) is 24.5 Å². The zero-order valence-corrected chi connectivity index (χ0v) is 18.0. The molecule has 4 aromatic rings. The number of rotatable bonds is 5. The van der Waals surface area contributed by atoms with Crippen molar-refractivity contribution in [3.8, 4) is 5.69 Å². The number of anilines is 1. The molecule has 0 unspecified atom stereocenters. The Morgan fingerprint density at radius 1 is 1.19 bits per heavy atom. The average Bonchev–Trinajstić information content (AvgIpc) is 3.50. The van der Waals surface area contributed by atoms with Crippen LogP contribution in [0.25, 0.3) is 15.9 Å². The number of nitrogens with one attached hydrogen (secondary N) is 1. The molecule has 32 heavy (non-hydrogen) atoms. The van der Waals surface area contributed by atoms with Crippen LogP contribution in [0.4, 0.5) is 10.3 Å². The van der Waals surface area contributed by atoms with Crippen LogP contribution in [0, 0.1) is 11.7 Å². The van der Waals surface area contributed by atoms with E-state index in [1.807, 2.05) is 22.4 Å². The van der Waals surface area contributed by atoms with Crippen LogP contribution < -0.4 is 15.8 Å². The molecule has 0 atom stereocenters. The standard InChI is InChI=1S/C23H21FN4O3S/c24-16-3-5-17(6-4-16)28-22(30)20-19(9-13-32-20)26-23(28)27-10-7-15(8-11-27)21(29)25-14-18-2-1-12-31-18/h1-6,9,12-13,15H,7-8,10-11,14H2,(H,25,29). The van der Waals surface area contributed by atoms with Gasteiger partial charge in [0, 0.05) is 19.0 Å². The van der Waals surface area contributed by atoms with Crippen molar-refractivity contribution in [1.29, 1.82) is 0 Å². The van der Waals surface area contributed by atoms with E-state index in [0.29, 0.717) is 60.1 Å². The van der Waals surface area contributed by atoms with E-state index >= 15 is 0 Å². The Hall–Kier alpha value is -3.46. The number of hydrogen-bond acceptors (Lipinski definition) is 6. The molecule has 5 rings (SSSR count). The van der Waals surface area contributed by atoms with E-state index in [2.05, 4.69) is 5.32 Å². The largest absolute Gasteiger partial charge is 0.467 e. The second kappa shape index (κ2) is 8.58. The van der Waals surface area contributed by atoms with E-state index in [-0.39, 0.29) is 23.2 Å². The summed E-state index contributed by atoms with van der Waals surface area (Å²) in [6, 6.07) is 11.3. The number of piperidine rings is 1. The summed E-state index contributed by atoms with van der Waals surface area (Å²) in [6.07, 6.45) is 2.87. The molecule has 3 aromatic heterocycles. The maximum atomic E-state index is 13.5. The number of aromatic nitrogens is 2. The summed E-state index contributed by atoms with van der Waals surface area (Å²) in [6.45, 7) is 1.54. The molecule has 9 heteroatoms. The van der Waals surface area contributed by atoms with Gasteiger partial charge in [-0.2, -0.15) is 0 Å². The predicted molar refractivity (Wildman–Crippen MR) is 121 cm³/mol. The van der Waals surface area contributed by atoms with Gasteiger partial charge in [-0.25, -0.2) is 13.9 Å². The predicted octanol–water partition coefficient (Wildman–Crippen LogP) is 3.71. The van der Waals surface area contributed by atoms with E-state index in [9.17, 15) is 14.0 Å². The van der Waals surface area contributed by atoms with E-state index in [0.717, 1.165) is 0 Å². The van der Waals surface area contributed by atoms with Crippen molar-refractivity contribution in [2.75, 3.05) is 18.0 Å². The number of furan rings is 1. The van der Waals surface area contributed by atoms with Gasteiger partial charge in [0.15, 0.2) is 0 Å². The Bertz CT molecular complexity index is 1290. The smallest absolute Gasteiger partial charge is 0.277 e. The lowest BCUT2D eigenvalue weighted by molar-refractivity contribution is -0.125. The summed E-state index contributed by atoms with van der Waals surface area (Å²) >= 11 is 1.34. The number of benzene rings is 1. The lowest BCUT2D eigenvalue weighted by atomic mass is 9.96. The van der Waals surface area contributed by atoms with Gasteiger partial charge >= 0.3 is 0 Å². The van der Waals surface area contributed by atoms with Crippen molar-refractivity contribution in [1.82, 2.24) is 14.9 Å². The number of hydrogen-bond donors (Lipinski definition) is 1. The van der Waals surface area contributed by atoms with Crippen molar-refractivity contribution < 1.29 is 13.6 Å². The van der Waals surface area contributed by atoms with Crippen molar-refractivity contribution >= 4 is 33.4 Å². The number of thiophene rings is 1. The first-order valence-electron chi connectivity index (χ1n) is 10.4. The highest BCUT2D eigenvalue weighted by Gasteiger charge is 2.28. The molecule has 1 aliphatic heterocycles. The molecule has 1 N–H and O–H groups in total. The molecule has 0 aliphatic carbocycles. The molecule has 1 fully saturated rings. The van der Waals surface area contributed by atoms with Crippen LogP contribution >= 0.6 is 11.3 Å². The molecule has 7 nitrogen and oxygen atoms in total. The Labute approximate surface area is 187 Å². The first kappa shape index (κ1) is 20.4. The number of fused-ring (bicyclic) bond motifs is 1. The zero-order chi connectivity index (χ0) is 22.1. The van der Waals surface area contributed by atoms with Gasteiger partial charge < -0.3 is 14.6 Å². The first-order chi connectivity index (χ1) is 15.6. The molecule has 1 saturated heterocycles. The van der Waals surface area contributed by atoms with Gasteiger partial charge in [0.1, 0.15) is 16.3 Å². The van der Waals surface area contributed by atoms with Gasteiger partial charge in [-0.3, -0.25) is 9.59 Å². The summed E-state index contributed by atoms with van der Waals surface area (Å²) in [4.78, 5) is 32.6. The summed E-state index contributed by atoms with van der Waals surface area (Å²) < 4.78 is 20.8. The number of carbonyl (C=O) groups is 1. The minimum atomic E-state index is -0.366. The van der Waals surface area contributed by atoms with Crippen molar-refractivity contribution in [2.24, 2.45) is 5.92 Å². The summed E-state index contributed by atoms with van der Waals surface area (Å²) in [5.41, 5.74) is 1.03. The molecule has 0 saturated carbocycles. The number of halogens is 1. The fourth-order valence-electron chi connectivity index (χ4n) is 4.01. The minimum absolute atomic E-state index is 0.00165. The van der Waals surface area contributed by atoms with Crippen LogP contribution in [-0.4, -0.2) is 28.5 Å². The highest BCUT2D eigenvalue weighted by atomic mass is 32.1. The highest BCUT2D eigenvalue weighted by Crippen LogP contribution is 2.26. The molecule has 4 heterocycles. The average molecular weight is 453 g/mol. The maximum absolute atomic E-state index is 13.5. The van der Waals surface area contributed by atoms with Gasteiger partial charge in [0.2, 0.25) is 11.9 Å². The molecule has 0 spiro atoms. The van der Waals surface area contributed by atoms with Gasteiger partial charge in [-0.15, -0.1) is 11.3 Å². The Morgan fingerprint density at radius 2 is 1.97 bits per heavy atom. The van der Waals surface area contributed by atoms with Gasteiger partial charge in [0.05, 0.1) is 24.0 Å². The summed E-state index contributed by atoms with van der Waals surface area (Å²) in [5.74, 6) is 0.750. The lowest BCUT2D eigenvalue weighted by Crippen LogP contribution is -2.42. The summed E-state index contributed by atoms with van der Waals surface area (Å²) in [7, 11) is 0. The molecule has 1 aromatic carbocycles. The van der Waals surface area contributed by atoms with Gasteiger partial charge in [-0.1, -0.05) is 0 Å². The Kier molecular flexibility index (Phi) is 5.48. The van der Waals surface area contributed by atoms with Crippen molar-refractivity contribution in [3.63, 3.8) is 0 Å². The third kappa shape index (κ3) is 3.91. The van der Waals surface area contributed by atoms with Crippen molar-refractivity contribution in [2.45, 2.75) is 19.4 Å². The van der Waals surface area contributed by atoms with Crippen LogP contribution in [0.15, 0.2) is 63.3 Å². The molecular weight excluding hydrogens is 431 g/mol. The van der Waals surface area contributed by atoms with E-state index in [4.69, 9.17) is 9.40 Å². The summed E-state index contributed by atoms with van der Waals surface area (Å²) in [5, 5.41) is 4.77. The van der Waals surface area contributed by atoms with Gasteiger partial charge in [0.25, 0.3) is 5.56 Å². The fraction of sp³-hybridized carbons (Fsp3) is 0.261. The second-order valence-corrected chi connectivity index (χ2v) is 8.64. The zero-order valence-electron chi connectivity index (χ0n) is 17.2. The third-order valence-electron chi connectivity index (χ3n) is 5.71. The fourth-order valence-corrected chi connectivity index (χ4v) is 4.77. The maximum Gasteiger partial charge on any atom is 0.277 e. The second-order valence-electron chi connectivity index (χ2n) is 7.72. The number of amides is 1. The molecule has 1 amide bonds. The number of carbonyl (C=O) groups excluding carboxylic acids is 1. The molecule has 0 radical (unpaired) electrons. The normalized spacial score (nSPS) is 14.7. The SMILES string of the molecule is O=C(NCc1ccco1)C1CCN(c2nc3ccsc3c(=O)n2-c2ccc(F)cc2)CC1. The number of nitrogens with zero attached hydrogens (tertiary/aromatic N) is 3. The first-order valence-corrected chi connectivity index (χ1v) is 11.3. The third-order valence-corrected chi connectivity index (χ3v) is 6.60. The van der Waals surface area contributed by atoms with Crippen molar-refractivity contribution in [3.05, 3.63) is 76.0 Å². The highest BCUT2D eigenvalue weighted by molar-refractivity contribution is 7.17.